The van der Waals surface area contributed by atoms with Gasteiger partial charge in [-0.1, -0.05) is 33.8 Å². The Hall–Kier alpha value is -1.52. The average Bonchev–Trinajstić information content (AvgIpc) is 2.71. The second-order valence-electron chi connectivity index (χ2n) is 9.18. The van der Waals surface area contributed by atoms with Crippen molar-refractivity contribution in [1.82, 2.24) is 5.32 Å². The first-order valence-corrected chi connectivity index (χ1v) is 11.1. The molecule has 1 aliphatic carbocycles. The molecule has 2 aliphatic rings. The second-order valence-corrected chi connectivity index (χ2v) is 9.18. The van der Waals surface area contributed by atoms with Gasteiger partial charge in [-0.15, -0.1) is 0 Å². The van der Waals surface area contributed by atoms with Crippen LogP contribution in [0.2, 0.25) is 0 Å². The molecular formula is C24H39N3O. The van der Waals surface area contributed by atoms with E-state index in [0.717, 1.165) is 51.9 Å². The molecule has 2 N–H and O–H groups in total. The van der Waals surface area contributed by atoms with Crippen molar-refractivity contribution in [3.63, 3.8) is 0 Å². The van der Waals surface area contributed by atoms with Gasteiger partial charge in [0.15, 0.2) is 0 Å². The summed E-state index contributed by atoms with van der Waals surface area (Å²) >= 11 is 0. The van der Waals surface area contributed by atoms with Crippen LogP contribution in [-0.2, 0) is 4.74 Å². The third-order valence-electron chi connectivity index (χ3n) is 6.23. The molecule has 1 aromatic carbocycles. The Balaban J connectivity index is 1.81. The Bertz CT molecular complexity index is 656. The molecule has 0 radical (unpaired) electrons. The number of anilines is 2. The average molecular weight is 386 g/mol. The largest absolute Gasteiger partial charge is 0.383 e. The molecule has 1 saturated heterocycles. The predicted molar refractivity (Wildman–Crippen MR) is 121 cm³/mol. The monoisotopic (exact) mass is 385 g/mol. The first-order chi connectivity index (χ1) is 13.5. The molecule has 1 heterocycles. The molecule has 0 aromatic heterocycles. The van der Waals surface area contributed by atoms with E-state index in [0.29, 0.717) is 5.41 Å². The van der Waals surface area contributed by atoms with Gasteiger partial charge in [0.05, 0.1) is 13.2 Å². The fraction of sp³-hybridized carbons (Fsp3) is 0.667. The molecule has 1 aromatic rings. The number of likely N-dealkylation sites (N-methyl/N-ethyl adjacent to an activating group) is 1. The van der Waals surface area contributed by atoms with Crippen LogP contribution in [0.3, 0.4) is 0 Å². The third-order valence-corrected chi connectivity index (χ3v) is 6.23. The lowest BCUT2D eigenvalue weighted by atomic mass is 9.72. The maximum absolute atomic E-state index is 5.54. The maximum Gasteiger partial charge on any atom is 0.0642 e. The number of nitrogens with one attached hydrogen (secondary N) is 2. The van der Waals surface area contributed by atoms with Crippen LogP contribution in [0.4, 0.5) is 11.4 Å². The molecule has 4 heteroatoms. The van der Waals surface area contributed by atoms with Crippen molar-refractivity contribution in [3.8, 4) is 0 Å². The Morgan fingerprint density at radius 2 is 1.93 bits per heavy atom. The lowest BCUT2D eigenvalue weighted by molar-refractivity contribution is 0.122. The number of hydrogen-bond acceptors (Lipinski definition) is 4. The number of hydrogen-bond donors (Lipinski definition) is 2. The van der Waals surface area contributed by atoms with Crippen molar-refractivity contribution < 1.29 is 4.74 Å². The number of nitrogens with zero attached hydrogens (tertiary/aromatic N) is 1. The highest BCUT2D eigenvalue weighted by Gasteiger charge is 2.27. The van der Waals surface area contributed by atoms with Crippen LogP contribution in [0.5, 0.6) is 0 Å². The van der Waals surface area contributed by atoms with Gasteiger partial charge in [0, 0.05) is 43.1 Å². The summed E-state index contributed by atoms with van der Waals surface area (Å²) in [5.41, 5.74) is 5.91. The Morgan fingerprint density at radius 1 is 1.14 bits per heavy atom. The Kier molecular flexibility index (Phi) is 7.42. The topological polar surface area (TPSA) is 36.5 Å². The van der Waals surface area contributed by atoms with E-state index in [1.807, 2.05) is 0 Å². The number of morpholine rings is 1. The van der Waals surface area contributed by atoms with Gasteiger partial charge in [-0.3, -0.25) is 0 Å². The zero-order chi connectivity index (χ0) is 20.0. The normalized spacial score (nSPS) is 20.8. The third kappa shape index (κ3) is 5.51. The minimum Gasteiger partial charge on any atom is -0.383 e. The molecule has 0 saturated carbocycles. The van der Waals surface area contributed by atoms with Gasteiger partial charge in [-0.2, -0.15) is 0 Å². The first-order valence-electron chi connectivity index (χ1n) is 11.1. The predicted octanol–water partition coefficient (Wildman–Crippen LogP) is 4.77. The van der Waals surface area contributed by atoms with E-state index in [4.69, 9.17) is 4.74 Å². The summed E-state index contributed by atoms with van der Waals surface area (Å²) in [5.74, 6) is 0.781. The number of ether oxygens (including phenoxy) is 1. The molecule has 4 nitrogen and oxygen atoms in total. The smallest absolute Gasteiger partial charge is 0.0642 e. The minimum atomic E-state index is 0.393. The van der Waals surface area contributed by atoms with Crippen molar-refractivity contribution in [2.75, 3.05) is 56.2 Å². The van der Waals surface area contributed by atoms with E-state index in [2.05, 4.69) is 67.5 Å². The first kappa shape index (κ1) is 21.2. The van der Waals surface area contributed by atoms with E-state index < -0.39 is 0 Å². The van der Waals surface area contributed by atoms with Gasteiger partial charge in [-0.05, 0) is 60.9 Å². The molecule has 1 aliphatic heterocycles. The summed E-state index contributed by atoms with van der Waals surface area (Å²) in [7, 11) is 0. The molecule has 0 bridgehead atoms. The van der Waals surface area contributed by atoms with Gasteiger partial charge in [0.2, 0.25) is 0 Å². The van der Waals surface area contributed by atoms with Crippen LogP contribution in [0, 0.1) is 11.3 Å². The Labute approximate surface area is 171 Å². The molecular weight excluding hydrogens is 346 g/mol. The van der Waals surface area contributed by atoms with Gasteiger partial charge in [0.1, 0.15) is 0 Å². The highest BCUT2D eigenvalue weighted by molar-refractivity contribution is 5.80. The molecule has 1 unspecified atom stereocenters. The molecule has 1 atom stereocenters. The maximum atomic E-state index is 5.54. The molecule has 0 spiro atoms. The molecule has 0 amide bonds. The highest BCUT2D eigenvalue weighted by Crippen LogP contribution is 2.41. The highest BCUT2D eigenvalue weighted by atomic mass is 16.5. The SMILES string of the molecule is CCNCCNc1ccc(N2CCOCC2)cc1C1=CCC(C(C)(C)C)CC1. The van der Waals surface area contributed by atoms with Crippen molar-refractivity contribution >= 4 is 16.9 Å². The van der Waals surface area contributed by atoms with Crippen LogP contribution >= 0.6 is 0 Å². The van der Waals surface area contributed by atoms with Gasteiger partial charge in [-0.25, -0.2) is 0 Å². The molecule has 28 heavy (non-hydrogen) atoms. The van der Waals surface area contributed by atoms with Crippen LogP contribution in [0.1, 0.15) is 52.5 Å². The molecule has 156 valence electrons. The number of allylic oxidation sites excluding steroid dienone is 2. The summed E-state index contributed by atoms with van der Waals surface area (Å²) in [6.07, 6.45) is 6.16. The van der Waals surface area contributed by atoms with Gasteiger partial charge >= 0.3 is 0 Å². The number of rotatable bonds is 7. The van der Waals surface area contributed by atoms with Gasteiger partial charge in [0.25, 0.3) is 0 Å². The summed E-state index contributed by atoms with van der Waals surface area (Å²) in [6, 6.07) is 6.96. The zero-order valence-corrected chi connectivity index (χ0v) is 18.3. The Morgan fingerprint density at radius 3 is 2.57 bits per heavy atom. The fourth-order valence-corrected chi connectivity index (χ4v) is 4.30. The van der Waals surface area contributed by atoms with Crippen LogP contribution in [-0.4, -0.2) is 45.9 Å². The van der Waals surface area contributed by atoms with Gasteiger partial charge < -0.3 is 20.3 Å². The fourth-order valence-electron chi connectivity index (χ4n) is 4.30. The summed E-state index contributed by atoms with van der Waals surface area (Å²) < 4.78 is 5.54. The molecule has 1 fully saturated rings. The van der Waals surface area contributed by atoms with Crippen LogP contribution in [0.25, 0.3) is 5.57 Å². The summed E-state index contributed by atoms with van der Waals surface area (Å²) in [5, 5.41) is 7.07. The molecule has 3 rings (SSSR count). The van der Waals surface area contributed by atoms with Crippen molar-refractivity contribution in [3.05, 3.63) is 29.8 Å². The zero-order valence-electron chi connectivity index (χ0n) is 18.3. The van der Waals surface area contributed by atoms with Crippen LogP contribution < -0.4 is 15.5 Å². The standard InChI is InChI=1S/C24H39N3O/c1-5-25-12-13-26-23-11-10-21(27-14-16-28-17-15-27)18-22(23)19-6-8-20(9-7-19)24(2,3)4/h6,10-11,18,20,25-26H,5,7-9,12-17H2,1-4H3. The lowest BCUT2D eigenvalue weighted by Gasteiger charge is -2.34. The number of benzene rings is 1. The second kappa shape index (κ2) is 9.80. The lowest BCUT2D eigenvalue weighted by Crippen LogP contribution is -2.36. The van der Waals surface area contributed by atoms with E-state index in [1.54, 1.807) is 0 Å². The van der Waals surface area contributed by atoms with Crippen molar-refractivity contribution in [1.29, 1.82) is 0 Å². The minimum absolute atomic E-state index is 0.393. The van der Waals surface area contributed by atoms with E-state index in [1.165, 1.54) is 41.8 Å². The summed E-state index contributed by atoms with van der Waals surface area (Å²) in [4.78, 5) is 2.46. The van der Waals surface area contributed by atoms with E-state index in [9.17, 15) is 0 Å². The van der Waals surface area contributed by atoms with E-state index >= 15 is 0 Å². The van der Waals surface area contributed by atoms with Crippen LogP contribution in [0.15, 0.2) is 24.3 Å². The quantitative estimate of drug-likeness (QED) is 0.663. The van der Waals surface area contributed by atoms with E-state index in [-0.39, 0.29) is 0 Å². The summed E-state index contributed by atoms with van der Waals surface area (Å²) in [6.45, 7) is 15.9. The van der Waals surface area contributed by atoms with Crippen molar-refractivity contribution in [2.45, 2.75) is 47.0 Å². The van der Waals surface area contributed by atoms with Crippen molar-refractivity contribution in [2.24, 2.45) is 11.3 Å².